The van der Waals surface area contributed by atoms with Crippen molar-refractivity contribution in [1.82, 2.24) is 10.3 Å². The first-order valence-electron chi connectivity index (χ1n) is 9.16. The van der Waals surface area contributed by atoms with Crippen LogP contribution in [0, 0.1) is 11.8 Å². The third-order valence-electron chi connectivity index (χ3n) is 4.91. The number of oxazole rings is 1. The number of rotatable bonds is 9. The minimum absolute atomic E-state index is 0.0338. The van der Waals surface area contributed by atoms with E-state index < -0.39 is 0 Å². The highest BCUT2D eigenvalue weighted by atomic mass is 16.3. The lowest BCUT2D eigenvalue weighted by atomic mass is 9.82. The number of nitrogens with zero attached hydrogens (tertiary/aromatic N) is 1. The Kier molecular flexibility index (Phi) is 6.83. The number of hydrogen-bond donors (Lipinski definition) is 1. The Balaban J connectivity index is 2.12. The standard InChI is InChI=1S/C20H30N2O2/c1-5-9-19-22-18(13-24-19)15(7-3)20(23)17-11-8-10-16(17)14(4)21-12-6-2/h6,12-13,15-17,21H,4-5,7-11H2,1-3H3/b12-6-. The average molecular weight is 330 g/mol. The monoisotopic (exact) mass is 330 g/mol. The molecule has 132 valence electrons. The molecule has 1 saturated carbocycles. The fourth-order valence-electron chi connectivity index (χ4n) is 3.64. The lowest BCUT2D eigenvalue weighted by molar-refractivity contribution is -0.125. The molecule has 4 heteroatoms. The van der Waals surface area contributed by atoms with Gasteiger partial charge < -0.3 is 9.73 Å². The molecule has 1 N–H and O–H groups in total. The van der Waals surface area contributed by atoms with Crippen LogP contribution in [0.5, 0.6) is 0 Å². The number of ketones is 1. The highest BCUT2D eigenvalue weighted by molar-refractivity contribution is 5.88. The normalized spacial score (nSPS) is 22.0. The summed E-state index contributed by atoms with van der Waals surface area (Å²) in [5.74, 6) is 1.11. The molecule has 1 aromatic heterocycles. The summed E-state index contributed by atoms with van der Waals surface area (Å²) in [6.45, 7) is 10.3. The number of hydrogen-bond acceptors (Lipinski definition) is 4. The lowest BCUT2D eigenvalue weighted by Crippen LogP contribution is -2.28. The van der Waals surface area contributed by atoms with Gasteiger partial charge in [-0.05, 0) is 38.8 Å². The van der Waals surface area contributed by atoms with Gasteiger partial charge in [0.1, 0.15) is 12.0 Å². The molecule has 3 atom stereocenters. The Morgan fingerprint density at radius 2 is 2.21 bits per heavy atom. The molecule has 3 unspecified atom stereocenters. The second-order valence-electron chi connectivity index (χ2n) is 6.59. The Labute approximate surface area is 145 Å². The van der Waals surface area contributed by atoms with E-state index in [1.807, 2.05) is 26.1 Å². The molecule has 0 amide bonds. The van der Waals surface area contributed by atoms with Gasteiger partial charge in [0.05, 0.1) is 11.6 Å². The van der Waals surface area contributed by atoms with Crippen LogP contribution in [0.25, 0.3) is 0 Å². The van der Waals surface area contributed by atoms with Crippen LogP contribution in [0.15, 0.2) is 35.2 Å². The van der Waals surface area contributed by atoms with E-state index >= 15 is 0 Å². The highest BCUT2D eigenvalue weighted by Gasteiger charge is 2.38. The van der Waals surface area contributed by atoms with Crippen LogP contribution >= 0.6 is 0 Å². The second kappa shape index (κ2) is 8.86. The van der Waals surface area contributed by atoms with Gasteiger partial charge in [0.25, 0.3) is 0 Å². The number of carbonyl (C=O) groups is 1. The molecule has 1 fully saturated rings. The van der Waals surface area contributed by atoms with Gasteiger partial charge in [0, 0.05) is 24.0 Å². The summed E-state index contributed by atoms with van der Waals surface area (Å²) in [7, 11) is 0. The fraction of sp³-hybridized carbons (Fsp3) is 0.600. The van der Waals surface area contributed by atoms with Gasteiger partial charge in [-0.25, -0.2) is 4.98 Å². The van der Waals surface area contributed by atoms with Crippen LogP contribution in [0.4, 0.5) is 0 Å². The molecular weight excluding hydrogens is 300 g/mol. The van der Waals surface area contributed by atoms with Crippen LogP contribution in [0.3, 0.4) is 0 Å². The molecule has 1 heterocycles. The number of aryl methyl sites for hydroxylation is 1. The molecule has 0 radical (unpaired) electrons. The van der Waals surface area contributed by atoms with Gasteiger partial charge in [-0.1, -0.05) is 32.9 Å². The number of nitrogens with one attached hydrogen (secondary N) is 1. The zero-order chi connectivity index (χ0) is 17.5. The minimum Gasteiger partial charge on any atom is -0.449 e. The molecule has 2 rings (SSSR count). The van der Waals surface area contributed by atoms with E-state index in [4.69, 9.17) is 4.42 Å². The molecule has 24 heavy (non-hydrogen) atoms. The largest absolute Gasteiger partial charge is 0.449 e. The first-order valence-corrected chi connectivity index (χ1v) is 9.16. The third kappa shape index (κ3) is 4.16. The Morgan fingerprint density at radius 1 is 1.46 bits per heavy atom. The molecule has 1 aliphatic carbocycles. The number of carbonyl (C=O) groups excluding carboxylic acids is 1. The summed E-state index contributed by atoms with van der Waals surface area (Å²) in [6.07, 6.45) is 11.1. The summed E-state index contributed by atoms with van der Waals surface area (Å²) in [5, 5.41) is 3.22. The van der Waals surface area contributed by atoms with E-state index in [2.05, 4.69) is 23.8 Å². The quantitative estimate of drug-likeness (QED) is 0.710. The van der Waals surface area contributed by atoms with Gasteiger partial charge >= 0.3 is 0 Å². The van der Waals surface area contributed by atoms with Crippen LogP contribution in [0.1, 0.15) is 70.4 Å². The van der Waals surface area contributed by atoms with Crippen molar-refractivity contribution < 1.29 is 9.21 Å². The molecule has 0 saturated heterocycles. The van der Waals surface area contributed by atoms with E-state index in [0.29, 0.717) is 5.78 Å². The van der Waals surface area contributed by atoms with Crippen molar-refractivity contribution in [2.45, 2.75) is 65.2 Å². The first-order chi connectivity index (χ1) is 11.6. The third-order valence-corrected chi connectivity index (χ3v) is 4.91. The van der Waals surface area contributed by atoms with Crippen LogP contribution in [-0.4, -0.2) is 10.8 Å². The predicted molar refractivity (Wildman–Crippen MR) is 96.5 cm³/mol. The van der Waals surface area contributed by atoms with Crippen LogP contribution in [0.2, 0.25) is 0 Å². The van der Waals surface area contributed by atoms with Gasteiger partial charge in [-0.2, -0.15) is 0 Å². The number of Topliss-reactive ketones (excluding diaryl/α,β-unsaturated/α-hetero) is 1. The van der Waals surface area contributed by atoms with Crippen molar-refractivity contribution in [3.8, 4) is 0 Å². The summed E-state index contributed by atoms with van der Waals surface area (Å²) in [5.41, 5.74) is 1.74. The van der Waals surface area contributed by atoms with E-state index in [9.17, 15) is 4.79 Å². The zero-order valence-electron chi connectivity index (χ0n) is 15.2. The lowest BCUT2D eigenvalue weighted by Gasteiger charge is -2.24. The molecule has 0 aliphatic heterocycles. The topological polar surface area (TPSA) is 55.1 Å². The summed E-state index contributed by atoms with van der Waals surface area (Å²) in [4.78, 5) is 17.7. The highest BCUT2D eigenvalue weighted by Crippen LogP contribution is 2.39. The SMILES string of the molecule is C=C(N/C=C\C)C1CCCC1C(=O)C(CC)c1coc(CCC)n1. The first kappa shape index (κ1) is 18.5. The molecule has 0 bridgehead atoms. The maximum absolute atomic E-state index is 13.2. The number of allylic oxidation sites excluding steroid dienone is 2. The fourth-order valence-corrected chi connectivity index (χ4v) is 3.64. The smallest absolute Gasteiger partial charge is 0.194 e. The Morgan fingerprint density at radius 3 is 2.88 bits per heavy atom. The molecule has 1 aliphatic rings. The van der Waals surface area contributed by atoms with Crippen molar-refractivity contribution in [3.63, 3.8) is 0 Å². The van der Waals surface area contributed by atoms with E-state index in [1.54, 1.807) is 6.26 Å². The summed E-state index contributed by atoms with van der Waals surface area (Å²) >= 11 is 0. The Bertz CT molecular complexity index is 588. The van der Waals surface area contributed by atoms with Crippen LogP contribution in [-0.2, 0) is 11.2 Å². The van der Waals surface area contributed by atoms with Crippen molar-refractivity contribution in [3.05, 3.63) is 42.4 Å². The van der Waals surface area contributed by atoms with E-state index in [-0.39, 0.29) is 17.8 Å². The van der Waals surface area contributed by atoms with Crippen molar-refractivity contribution in [2.24, 2.45) is 11.8 Å². The van der Waals surface area contributed by atoms with Gasteiger partial charge in [0.15, 0.2) is 5.89 Å². The predicted octanol–water partition coefficient (Wildman–Crippen LogP) is 4.74. The summed E-state index contributed by atoms with van der Waals surface area (Å²) in [6, 6.07) is 0. The van der Waals surface area contributed by atoms with Crippen molar-refractivity contribution in [2.75, 3.05) is 0 Å². The van der Waals surface area contributed by atoms with Gasteiger partial charge in [-0.3, -0.25) is 4.79 Å². The maximum atomic E-state index is 13.2. The van der Waals surface area contributed by atoms with Gasteiger partial charge in [0.2, 0.25) is 0 Å². The number of aromatic nitrogens is 1. The molecular formula is C20H30N2O2. The zero-order valence-corrected chi connectivity index (χ0v) is 15.2. The molecule has 0 spiro atoms. The minimum atomic E-state index is -0.167. The van der Waals surface area contributed by atoms with Gasteiger partial charge in [-0.15, -0.1) is 0 Å². The summed E-state index contributed by atoms with van der Waals surface area (Å²) < 4.78 is 5.53. The maximum Gasteiger partial charge on any atom is 0.194 e. The molecule has 0 aromatic carbocycles. The average Bonchev–Trinajstić information content (AvgIpc) is 3.23. The Hall–Kier alpha value is -1.84. The van der Waals surface area contributed by atoms with E-state index in [0.717, 1.165) is 55.8 Å². The van der Waals surface area contributed by atoms with Crippen molar-refractivity contribution >= 4 is 5.78 Å². The van der Waals surface area contributed by atoms with Crippen LogP contribution < -0.4 is 5.32 Å². The van der Waals surface area contributed by atoms with E-state index in [1.165, 1.54) is 0 Å². The molecule has 4 nitrogen and oxygen atoms in total. The second-order valence-corrected chi connectivity index (χ2v) is 6.59. The molecule has 1 aromatic rings. The van der Waals surface area contributed by atoms with Crippen molar-refractivity contribution in [1.29, 1.82) is 0 Å².